The van der Waals surface area contributed by atoms with Crippen molar-refractivity contribution >= 4 is 46.6 Å². The molecule has 0 radical (unpaired) electrons. The number of anilines is 2. The molecule has 4 amide bonds. The molecule has 3 aromatic carbocycles. The molecule has 4 aliphatic heterocycles. The van der Waals surface area contributed by atoms with Crippen molar-refractivity contribution in [2.24, 2.45) is 5.92 Å². The van der Waals surface area contributed by atoms with Gasteiger partial charge < -0.3 is 19.3 Å². The highest BCUT2D eigenvalue weighted by Crippen LogP contribution is 2.34. The van der Waals surface area contributed by atoms with Crippen molar-refractivity contribution in [1.82, 2.24) is 15.1 Å². The number of nitriles is 1. The van der Waals surface area contributed by atoms with E-state index in [0.717, 1.165) is 101 Å². The minimum Gasteiger partial charge on any atom is -0.490 e. The van der Waals surface area contributed by atoms with Crippen molar-refractivity contribution < 1.29 is 28.7 Å². The van der Waals surface area contributed by atoms with Gasteiger partial charge in [-0.1, -0.05) is 11.6 Å². The van der Waals surface area contributed by atoms with E-state index in [4.69, 9.17) is 26.3 Å². The van der Waals surface area contributed by atoms with Gasteiger partial charge in [-0.15, -0.1) is 0 Å². The lowest BCUT2D eigenvalue weighted by atomic mass is 9.94. The van der Waals surface area contributed by atoms with Crippen LogP contribution in [0.5, 0.6) is 11.5 Å². The van der Waals surface area contributed by atoms with Crippen molar-refractivity contribution in [3.05, 3.63) is 82.4 Å². The van der Waals surface area contributed by atoms with E-state index < -0.39 is 23.8 Å². The third kappa shape index (κ3) is 8.00. The second-order valence-electron chi connectivity index (χ2n) is 15.3. The van der Waals surface area contributed by atoms with Gasteiger partial charge in [0.2, 0.25) is 11.8 Å². The van der Waals surface area contributed by atoms with Crippen LogP contribution in [0.1, 0.15) is 77.6 Å². The minimum absolute atomic E-state index is 0.0391. The molecule has 55 heavy (non-hydrogen) atoms. The SMILES string of the molecule is N#Cc1ccc(O[C@@H]2CCC[C@@H](Oc3ccc(N4CCN(CC5CCN(c6ccc7c(c6)C(=O)N(C6CCC(=O)NC6=O)C7=O)CC5)CC4)cc3)C2)cc1Cl. The van der Waals surface area contributed by atoms with Gasteiger partial charge in [-0.2, -0.15) is 5.26 Å². The first-order chi connectivity index (χ1) is 26.7. The Morgan fingerprint density at radius 2 is 1.38 bits per heavy atom. The molecule has 0 bridgehead atoms. The van der Waals surface area contributed by atoms with E-state index in [2.05, 4.69) is 50.4 Å². The topological polar surface area (TPSA) is 136 Å². The minimum atomic E-state index is -0.960. The van der Waals surface area contributed by atoms with Crippen LogP contribution in [0.15, 0.2) is 60.7 Å². The maximum absolute atomic E-state index is 13.3. The standard InChI is InChI=1S/C42H45ClN6O6/c43-37-24-34(8-4-28(37)25-44)55-33-3-1-2-32(23-33)54-31-9-5-29(6-10-31)48-20-18-46(19-21-48)26-27-14-16-47(17-15-27)30-7-11-35-36(22-30)42(53)49(41(35)52)38-12-13-39(50)45-40(38)51/h4-11,22,24,27,32-33,38H,1-3,12-21,23,26H2,(H,45,50,51)/t32-,33-,38?/m1/s1. The fourth-order valence-corrected chi connectivity index (χ4v) is 8.89. The largest absolute Gasteiger partial charge is 0.490 e. The average molecular weight is 765 g/mol. The first kappa shape index (κ1) is 36.8. The quantitative estimate of drug-likeness (QED) is 0.282. The molecule has 12 nitrogen and oxygen atoms in total. The predicted octanol–water partition coefficient (Wildman–Crippen LogP) is 5.42. The molecule has 8 rings (SSSR count). The smallest absolute Gasteiger partial charge is 0.262 e. The molecule has 3 aromatic rings. The molecule has 4 fully saturated rings. The Labute approximate surface area is 325 Å². The van der Waals surface area contributed by atoms with Crippen LogP contribution in [-0.4, -0.2) is 97.5 Å². The molecule has 1 unspecified atom stereocenters. The number of imide groups is 2. The summed E-state index contributed by atoms with van der Waals surface area (Å²) < 4.78 is 12.6. The molecule has 4 heterocycles. The lowest BCUT2D eigenvalue weighted by Gasteiger charge is -2.40. The number of nitrogens with zero attached hydrogens (tertiary/aromatic N) is 5. The number of hydrogen-bond donors (Lipinski definition) is 1. The molecule has 5 aliphatic rings. The molecule has 3 atom stereocenters. The number of rotatable bonds is 9. The third-order valence-corrected chi connectivity index (χ3v) is 12.1. The summed E-state index contributed by atoms with van der Waals surface area (Å²) in [6, 6.07) is 20.2. The molecule has 0 aromatic heterocycles. The van der Waals surface area contributed by atoms with Crippen molar-refractivity contribution in [3.8, 4) is 17.6 Å². The van der Waals surface area contributed by atoms with Gasteiger partial charge in [-0.3, -0.25) is 34.3 Å². The molecular formula is C42H45ClN6O6. The summed E-state index contributed by atoms with van der Waals surface area (Å²) in [6.07, 6.45) is 6.23. The summed E-state index contributed by atoms with van der Waals surface area (Å²) >= 11 is 6.20. The highest BCUT2D eigenvalue weighted by atomic mass is 35.5. The maximum atomic E-state index is 13.3. The summed E-state index contributed by atoms with van der Waals surface area (Å²) in [6.45, 7) is 6.77. The van der Waals surface area contributed by atoms with E-state index in [0.29, 0.717) is 33.4 Å². The monoisotopic (exact) mass is 764 g/mol. The normalized spacial score (nSPS) is 23.7. The van der Waals surface area contributed by atoms with Crippen LogP contribution in [0.2, 0.25) is 5.02 Å². The van der Waals surface area contributed by atoms with E-state index >= 15 is 0 Å². The molecule has 13 heteroatoms. The molecule has 0 spiro atoms. The number of hydrogen-bond acceptors (Lipinski definition) is 10. The number of halogens is 1. The van der Waals surface area contributed by atoms with Crippen molar-refractivity contribution in [3.63, 3.8) is 0 Å². The third-order valence-electron chi connectivity index (χ3n) is 11.7. The number of carbonyl (C=O) groups is 4. The Morgan fingerprint density at radius 3 is 2.07 bits per heavy atom. The number of amides is 4. The zero-order chi connectivity index (χ0) is 38.1. The summed E-state index contributed by atoms with van der Waals surface area (Å²) in [5.74, 6) is 0.212. The second-order valence-corrected chi connectivity index (χ2v) is 15.7. The van der Waals surface area contributed by atoms with Gasteiger partial charge in [0.05, 0.1) is 21.7 Å². The van der Waals surface area contributed by atoms with Gasteiger partial charge in [0, 0.05) is 76.1 Å². The van der Waals surface area contributed by atoms with Crippen LogP contribution in [0.4, 0.5) is 11.4 Å². The molecular weight excluding hydrogens is 720 g/mol. The zero-order valence-corrected chi connectivity index (χ0v) is 31.5. The Kier molecular flexibility index (Phi) is 10.7. The van der Waals surface area contributed by atoms with Gasteiger partial charge >= 0.3 is 0 Å². The van der Waals surface area contributed by atoms with Gasteiger partial charge in [0.15, 0.2) is 0 Å². The lowest BCUT2D eigenvalue weighted by Crippen LogP contribution is -2.54. The van der Waals surface area contributed by atoms with Crippen LogP contribution in [0, 0.1) is 17.2 Å². The van der Waals surface area contributed by atoms with Crippen LogP contribution in [-0.2, 0) is 9.59 Å². The van der Waals surface area contributed by atoms with Crippen LogP contribution in [0.3, 0.4) is 0 Å². The molecule has 1 N–H and O–H groups in total. The molecule has 1 aliphatic carbocycles. The Balaban J connectivity index is 0.772. The van der Waals surface area contributed by atoms with Gasteiger partial charge in [-0.25, -0.2) is 0 Å². The van der Waals surface area contributed by atoms with Crippen LogP contribution >= 0.6 is 11.6 Å². The highest BCUT2D eigenvalue weighted by molar-refractivity contribution is 6.31. The van der Waals surface area contributed by atoms with E-state index in [1.54, 1.807) is 30.3 Å². The number of nitrogens with one attached hydrogen (secondary N) is 1. The van der Waals surface area contributed by atoms with Crippen molar-refractivity contribution in [2.75, 3.05) is 55.6 Å². The first-order valence-electron chi connectivity index (χ1n) is 19.4. The Bertz CT molecular complexity index is 2000. The number of carbonyl (C=O) groups excluding carboxylic acids is 4. The highest BCUT2D eigenvalue weighted by Gasteiger charge is 2.45. The summed E-state index contributed by atoms with van der Waals surface area (Å²) in [5, 5.41) is 11.8. The first-order valence-corrected chi connectivity index (χ1v) is 19.8. The van der Waals surface area contributed by atoms with E-state index in [-0.39, 0.29) is 31.0 Å². The number of piperidine rings is 2. The number of ether oxygens (including phenoxy) is 2. The molecule has 3 saturated heterocycles. The molecule has 1 saturated carbocycles. The Hall–Kier alpha value is -5.12. The maximum Gasteiger partial charge on any atom is 0.262 e. The second kappa shape index (κ2) is 15.9. The van der Waals surface area contributed by atoms with Gasteiger partial charge in [-0.05, 0) is 99.0 Å². The number of piperazine rings is 1. The fraction of sp³-hybridized carbons (Fsp3) is 0.452. The van der Waals surface area contributed by atoms with Crippen molar-refractivity contribution in [1.29, 1.82) is 5.26 Å². The predicted molar refractivity (Wildman–Crippen MR) is 207 cm³/mol. The van der Waals surface area contributed by atoms with E-state index in [1.165, 1.54) is 5.69 Å². The summed E-state index contributed by atoms with van der Waals surface area (Å²) in [7, 11) is 0. The fourth-order valence-electron chi connectivity index (χ4n) is 8.68. The number of fused-ring (bicyclic) bond motifs is 1. The van der Waals surface area contributed by atoms with E-state index in [9.17, 15) is 19.2 Å². The zero-order valence-electron chi connectivity index (χ0n) is 30.8. The molecule has 286 valence electrons. The summed E-state index contributed by atoms with van der Waals surface area (Å²) in [4.78, 5) is 58.8. The van der Waals surface area contributed by atoms with Crippen LogP contribution in [0.25, 0.3) is 0 Å². The van der Waals surface area contributed by atoms with Gasteiger partial charge in [0.25, 0.3) is 11.8 Å². The van der Waals surface area contributed by atoms with Crippen LogP contribution < -0.4 is 24.6 Å². The van der Waals surface area contributed by atoms with E-state index in [1.807, 2.05) is 6.07 Å². The Morgan fingerprint density at radius 1 is 0.727 bits per heavy atom. The average Bonchev–Trinajstić information content (AvgIpc) is 3.44. The lowest BCUT2D eigenvalue weighted by molar-refractivity contribution is -0.136. The van der Waals surface area contributed by atoms with Gasteiger partial charge in [0.1, 0.15) is 35.8 Å². The van der Waals surface area contributed by atoms with Crippen molar-refractivity contribution in [2.45, 2.75) is 69.6 Å². The number of benzene rings is 3. The summed E-state index contributed by atoms with van der Waals surface area (Å²) in [5.41, 5.74) is 3.20.